The molecule has 0 radical (unpaired) electrons. The maximum absolute atomic E-state index is 14.8. The Bertz CT molecular complexity index is 1250. The molecule has 2 heterocycles. The number of nitrogens with two attached hydrogens (primary N) is 3. The number of hydrogen-bond donors (Lipinski definition) is 4. The van der Waals surface area contributed by atoms with Crippen LogP contribution < -0.4 is 28.2 Å². The van der Waals surface area contributed by atoms with Crippen LogP contribution in [-0.2, 0) is 11.8 Å². The molecule has 0 aliphatic carbocycles. The topological polar surface area (TPSA) is 145 Å². The summed E-state index contributed by atoms with van der Waals surface area (Å²) < 4.78 is 42.4. The maximum atomic E-state index is 14.8. The average molecular weight is 506 g/mol. The number of alkyl halides is 2. The highest BCUT2D eigenvalue weighted by Crippen LogP contribution is 2.32. The van der Waals surface area contributed by atoms with Crippen molar-refractivity contribution in [2.24, 2.45) is 18.5 Å². The van der Waals surface area contributed by atoms with E-state index in [0.717, 1.165) is 10.6 Å². The molecule has 3 rings (SSSR count). The third-order valence-electron chi connectivity index (χ3n) is 6.52. The predicted molar refractivity (Wildman–Crippen MR) is 132 cm³/mol. The molecule has 1 amide bonds. The standard InChI is InChI=1S/C24H30F3N7O2/c1-4-17(14-6-5-7-15(19(14)25)20(26)27)31-22-16(21(29)33(3)23(36)32-22)12-18(28)24(30)8-10-34(11-9-24)13(2)35/h4-7,12,17,20H,1,8-11,28-30H2,2-3H3,(H,31,32,36)/b18-12-/t17-/m1/s1. The Morgan fingerprint density at radius 2 is 1.89 bits per heavy atom. The number of rotatable bonds is 7. The highest BCUT2D eigenvalue weighted by atomic mass is 19.3. The number of aromatic nitrogens is 2. The molecular weight excluding hydrogens is 475 g/mol. The fourth-order valence-corrected chi connectivity index (χ4v) is 4.08. The van der Waals surface area contributed by atoms with Gasteiger partial charge in [-0.2, -0.15) is 4.98 Å². The van der Waals surface area contributed by atoms with Gasteiger partial charge < -0.3 is 27.4 Å². The van der Waals surface area contributed by atoms with E-state index in [1.807, 2.05) is 0 Å². The van der Waals surface area contributed by atoms with Crippen molar-refractivity contribution >= 4 is 23.6 Å². The Kier molecular flexibility index (Phi) is 7.77. The number of nitrogens with one attached hydrogen (secondary N) is 1. The van der Waals surface area contributed by atoms with Gasteiger partial charge in [-0.25, -0.2) is 18.0 Å². The number of halogens is 3. The van der Waals surface area contributed by atoms with Gasteiger partial charge in [0.2, 0.25) is 5.91 Å². The fourth-order valence-electron chi connectivity index (χ4n) is 4.08. The van der Waals surface area contributed by atoms with Gasteiger partial charge in [0, 0.05) is 38.3 Å². The number of carbonyl (C=O) groups excluding carboxylic acids is 1. The molecule has 9 nitrogen and oxygen atoms in total. The van der Waals surface area contributed by atoms with Crippen molar-refractivity contribution in [2.75, 3.05) is 24.1 Å². The molecule has 1 aromatic carbocycles. The van der Waals surface area contributed by atoms with Crippen LogP contribution in [0, 0.1) is 5.82 Å². The van der Waals surface area contributed by atoms with Crippen LogP contribution in [-0.4, -0.2) is 39.0 Å². The molecule has 36 heavy (non-hydrogen) atoms. The highest BCUT2D eigenvalue weighted by molar-refractivity contribution is 5.75. The second kappa shape index (κ2) is 10.4. The fraction of sp³-hybridized carbons (Fsp3) is 0.375. The van der Waals surface area contributed by atoms with Crippen molar-refractivity contribution in [2.45, 2.75) is 37.8 Å². The first-order chi connectivity index (χ1) is 16.9. The number of anilines is 2. The first-order valence-corrected chi connectivity index (χ1v) is 11.2. The SMILES string of the molecule is C=C[C@@H](Nc1nc(=O)n(C)c(N)c1/C=C(\N)C1(N)CCN(C(C)=O)CC1)c1cccc(C(F)F)c1F. The van der Waals surface area contributed by atoms with E-state index in [2.05, 4.69) is 16.9 Å². The normalized spacial score (nSPS) is 16.6. The molecule has 0 spiro atoms. The third-order valence-corrected chi connectivity index (χ3v) is 6.52. The summed E-state index contributed by atoms with van der Waals surface area (Å²) >= 11 is 0. The Morgan fingerprint density at radius 3 is 2.44 bits per heavy atom. The summed E-state index contributed by atoms with van der Waals surface area (Å²) in [5.41, 5.74) is 17.1. The second-order valence-corrected chi connectivity index (χ2v) is 8.77. The van der Waals surface area contributed by atoms with Gasteiger partial charge in [-0.3, -0.25) is 9.36 Å². The Labute approximate surface area is 206 Å². The summed E-state index contributed by atoms with van der Waals surface area (Å²) in [5.74, 6) is -1.20. The molecule has 2 aromatic rings. The minimum absolute atomic E-state index is 0.00911. The second-order valence-electron chi connectivity index (χ2n) is 8.77. The smallest absolute Gasteiger partial charge is 0.350 e. The van der Waals surface area contributed by atoms with E-state index >= 15 is 0 Å². The molecule has 1 saturated heterocycles. The van der Waals surface area contributed by atoms with Crippen LogP contribution in [0.25, 0.3) is 6.08 Å². The molecule has 7 N–H and O–H groups in total. The van der Waals surface area contributed by atoms with Gasteiger partial charge in [-0.15, -0.1) is 6.58 Å². The number of hydrogen-bond acceptors (Lipinski definition) is 7. The summed E-state index contributed by atoms with van der Waals surface area (Å²) in [6.07, 6.45) is 0.568. The first-order valence-electron chi connectivity index (χ1n) is 11.2. The Morgan fingerprint density at radius 1 is 1.28 bits per heavy atom. The number of nitrogen functional groups attached to an aromatic ring is 1. The lowest BCUT2D eigenvalue weighted by molar-refractivity contribution is -0.130. The number of carbonyl (C=O) groups is 1. The van der Waals surface area contributed by atoms with E-state index in [1.165, 1.54) is 38.3 Å². The zero-order valence-electron chi connectivity index (χ0n) is 20.1. The van der Waals surface area contributed by atoms with E-state index in [0.29, 0.717) is 25.9 Å². The zero-order valence-corrected chi connectivity index (χ0v) is 20.1. The van der Waals surface area contributed by atoms with Gasteiger partial charge in [0.1, 0.15) is 17.5 Å². The van der Waals surface area contributed by atoms with Gasteiger partial charge in [-0.05, 0) is 18.9 Å². The quantitative estimate of drug-likeness (QED) is 0.423. The molecule has 0 unspecified atom stereocenters. The van der Waals surface area contributed by atoms with Gasteiger partial charge in [0.15, 0.2) is 0 Å². The lowest BCUT2D eigenvalue weighted by atomic mass is 9.84. The van der Waals surface area contributed by atoms with Crippen molar-refractivity contribution in [3.8, 4) is 0 Å². The summed E-state index contributed by atoms with van der Waals surface area (Å²) in [5, 5.41) is 2.87. The van der Waals surface area contributed by atoms with Crippen LogP contribution in [0.15, 0.2) is 41.3 Å². The number of nitrogens with zero attached hydrogens (tertiary/aromatic N) is 3. The summed E-state index contributed by atoms with van der Waals surface area (Å²) in [6.45, 7) is 5.98. The van der Waals surface area contributed by atoms with Crippen LogP contribution in [0.1, 0.15) is 48.9 Å². The van der Waals surface area contributed by atoms with Gasteiger partial charge in [-0.1, -0.05) is 24.3 Å². The van der Waals surface area contributed by atoms with Crippen molar-refractivity contribution in [1.29, 1.82) is 0 Å². The molecule has 1 fully saturated rings. The molecule has 0 bridgehead atoms. The third kappa shape index (κ3) is 5.23. The largest absolute Gasteiger partial charge is 0.401 e. The Balaban J connectivity index is 2.03. The number of likely N-dealkylation sites (tertiary alicyclic amines) is 1. The highest BCUT2D eigenvalue weighted by Gasteiger charge is 2.34. The number of amides is 1. The van der Waals surface area contributed by atoms with Gasteiger partial charge in [0.05, 0.1) is 22.7 Å². The van der Waals surface area contributed by atoms with E-state index in [-0.39, 0.29) is 34.4 Å². The van der Waals surface area contributed by atoms with Gasteiger partial charge >= 0.3 is 5.69 Å². The van der Waals surface area contributed by atoms with Crippen molar-refractivity contribution < 1.29 is 18.0 Å². The monoisotopic (exact) mass is 505 g/mol. The first kappa shape index (κ1) is 26.8. The molecule has 1 aliphatic rings. The van der Waals surface area contributed by atoms with Crippen molar-refractivity contribution in [3.05, 3.63) is 69.5 Å². The number of benzene rings is 1. The molecule has 194 valence electrons. The van der Waals surface area contributed by atoms with E-state index in [4.69, 9.17) is 17.2 Å². The zero-order chi connectivity index (χ0) is 26.8. The summed E-state index contributed by atoms with van der Waals surface area (Å²) in [6, 6.07) is 2.59. The molecule has 12 heteroatoms. The van der Waals surface area contributed by atoms with Crippen LogP contribution in [0.5, 0.6) is 0 Å². The number of piperidine rings is 1. The van der Waals surface area contributed by atoms with Gasteiger partial charge in [0.25, 0.3) is 6.43 Å². The molecule has 1 aliphatic heterocycles. The lowest BCUT2D eigenvalue weighted by Crippen LogP contribution is -2.54. The van der Waals surface area contributed by atoms with Crippen LogP contribution >= 0.6 is 0 Å². The van der Waals surface area contributed by atoms with Crippen molar-refractivity contribution in [1.82, 2.24) is 14.5 Å². The van der Waals surface area contributed by atoms with E-state index in [1.54, 1.807) is 4.90 Å². The minimum Gasteiger partial charge on any atom is -0.401 e. The molecule has 1 atom stereocenters. The minimum atomic E-state index is -3.01. The Hall–Kier alpha value is -3.80. The van der Waals surface area contributed by atoms with Crippen LogP contribution in [0.3, 0.4) is 0 Å². The molecular formula is C24H30F3N7O2. The molecule has 0 saturated carbocycles. The summed E-state index contributed by atoms with van der Waals surface area (Å²) in [7, 11) is 1.42. The van der Waals surface area contributed by atoms with Crippen LogP contribution in [0.2, 0.25) is 0 Å². The van der Waals surface area contributed by atoms with E-state index in [9.17, 15) is 22.8 Å². The average Bonchev–Trinajstić information content (AvgIpc) is 2.83. The van der Waals surface area contributed by atoms with E-state index < -0.39 is 35.1 Å². The predicted octanol–water partition coefficient (Wildman–Crippen LogP) is 2.42. The summed E-state index contributed by atoms with van der Waals surface area (Å²) in [4.78, 5) is 29.7. The maximum Gasteiger partial charge on any atom is 0.350 e. The molecule has 1 aromatic heterocycles. The lowest BCUT2D eigenvalue weighted by Gasteiger charge is -2.39. The van der Waals surface area contributed by atoms with Crippen LogP contribution in [0.4, 0.5) is 24.8 Å². The van der Waals surface area contributed by atoms with Crippen molar-refractivity contribution in [3.63, 3.8) is 0 Å².